The fraction of sp³-hybridized carbons (Fsp3) is 0.583. The molecule has 6 nitrogen and oxygen atoms in total. The van der Waals surface area contributed by atoms with Gasteiger partial charge in [0.05, 0.1) is 20.2 Å². The van der Waals surface area contributed by atoms with Crippen LogP contribution in [0, 0.1) is 5.92 Å². The number of β-amino-alcohol motifs (C(OH)–C–C–N with tert-alkyl or cyclic N) is 1. The summed E-state index contributed by atoms with van der Waals surface area (Å²) in [5.74, 6) is 0.304. The Morgan fingerprint density at radius 2 is 2.22 bits per heavy atom. The third-order valence-corrected chi connectivity index (χ3v) is 3.34. The molecule has 0 aliphatic carbocycles. The van der Waals surface area contributed by atoms with Crippen molar-refractivity contribution in [3.63, 3.8) is 0 Å². The van der Waals surface area contributed by atoms with Gasteiger partial charge in [-0.1, -0.05) is 13.8 Å². The lowest BCUT2D eigenvalue weighted by Gasteiger charge is -2.49. The molecule has 6 heteroatoms. The van der Waals surface area contributed by atoms with Gasteiger partial charge < -0.3 is 14.7 Å². The largest absolute Gasteiger partial charge is 0.463 e. The highest BCUT2D eigenvalue weighted by molar-refractivity contribution is 5.85. The molecule has 18 heavy (non-hydrogen) atoms. The zero-order chi connectivity index (χ0) is 13.3. The summed E-state index contributed by atoms with van der Waals surface area (Å²) >= 11 is 0. The SMILES string of the molecule is COC(=O)c1nccc(N2CC(O)(C(C)C)C2)n1. The van der Waals surface area contributed by atoms with E-state index < -0.39 is 11.6 Å². The summed E-state index contributed by atoms with van der Waals surface area (Å²) in [6, 6.07) is 1.71. The van der Waals surface area contributed by atoms with Gasteiger partial charge in [0.2, 0.25) is 5.82 Å². The number of carbonyl (C=O) groups excluding carboxylic acids is 1. The highest BCUT2D eigenvalue weighted by atomic mass is 16.5. The van der Waals surface area contributed by atoms with Crippen LogP contribution in [0.4, 0.5) is 5.82 Å². The molecule has 1 aliphatic heterocycles. The summed E-state index contributed by atoms with van der Waals surface area (Å²) in [6.45, 7) is 5.00. The van der Waals surface area contributed by atoms with Gasteiger partial charge in [-0.15, -0.1) is 0 Å². The number of aliphatic hydroxyl groups is 1. The Hall–Kier alpha value is -1.69. The van der Waals surface area contributed by atoms with Crippen molar-refractivity contribution in [2.24, 2.45) is 5.92 Å². The average molecular weight is 251 g/mol. The lowest BCUT2D eigenvalue weighted by atomic mass is 9.83. The molecule has 0 aromatic carbocycles. The summed E-state index contributed by atoms with van der Waals surface area (Å²) in [5.41, 5.74) is -0.670. The van der Waals surface area contributed by atoms with Crippen LogP contribution in [0.1, 0.15) is 24.5 Å². The highest BCUT2D eigenvalue weighted by Crippen LogP contribution is 2.31. The van der Waals surface area contributed by atoms with E-state index in [1.165, 1.54) is 13.3 Å². The van der Waals surface area contributed by atoms with Gasteiger partial charge in [-0.25, -0.2) is 14.8 Å². The van der Waals surface area contributed by atoms with Gasteiger partial charge in [-0.2, -0.15) is 0 Å². The van der Waals surface area contributed by atoms with Gasteiger partial charge in [0, 0.05) is 6.20 Å². The lowest BCUT2D eigenvalue weighted by Crippen LogP contribution is -2.65. The molecule has 98 valence electrons. The number of rotatable bonds is 3. The van der Waals surface area contributed by atoms with Crippen molar-refractivity contribution < 1.29 is 14.6 Å². The van der Waals surface area contributed by atoms with Crippen molar-refractivity contribution in [1.82, 2.24) is 9.97 Å². The maximum Gasteiger partial charge on any atom is 0.376 e. The molecule has 1 fully saturated rings. The second kappa shape index (κ2) is 4.53. The number of carbonyl (C=O) groups is 1. The number of aromatic nitrogens is 2. The molecule has 1 saturated heterocycles. The Morgan fingerprint density at radius 3 is 2.78 bits per heavy atom. The zero-order valence-electron chi connectivity index (χ0n) is 10.8. The molecule has 2 heterocycles. The van der Waals surface area contributed by atoms with E-state index in [0.29, 0.717) is 18.9 Å². The molecule has 0 bridgehead atoms. The summed E-state index contributed by atoms with van der Waals surface area (Å²) < 4.78 is 4.57. The van der Waals surface area contributed by atoms with E-state index in [-0.39, 0.29) is 11.7 Å². The van der Waals surface area contributed by atoms with Gasteiger partial charge in [0.1, 0.15) is 11.4 Å². The van der Waals surface area contributed by atoms with Gasteiger partial charge in [-0.05, 0) is 12.0 Å². The summed E-state index contributed by atoms with van der Waals surface area (Å²) in [4.78, 5) is 21.2. The van der Waals surface area contributed by atoms with E-state index in [1.807, 2.05) is 18.7 Å². The van der Waals surface area contributed by atoms with Crippen LogP contribution in [0.5, 0.6) is 0 Å². The number of hydrogen-bond donors (Lipinski definition) is 1. The number of ether oxygens (including phenoxy) is 1. The topological polar surface area (TPSA) is 75.5 Å². The monoisotopic (exact) mass is 251 g/mol. The second-order valence-electron chi connectivity index (χ2n) is 4.84. The number of nitrogens with zero attached hydrogens (tertiary/aromatic N) is 3. The Kier molecular flexibility index (Phi) is 3.21. The van der Waals surface area contributed by atoms with E-state index >= 15 is 0 Å². The van der Waals surface area contributed by atoms with E-state index in [0.717, 1.165) is 0 Å². The van der Waals surface area contributed by atoms with Crippen LogP contribution >= 0.6 is 0 Å². The number of esters is 1. The third-order valence-electron chi connectivity index (χ3n) is 3.34. The van der Waals surface area contributed by atoms with Crippen molar-refractivity contribution in [2.75, 3.05) is 25.1 Å². The van der Waals surface area contributed by atoms with Crippen LogP contribution in [0.2, 0.25) is 0 Å². The molecule has 0 saturated carbocycles. The Morgan fingerprint density at radius 1 is 1.56 bits per heavy atom. The molecule has 2 rings (SSSR count). The molecule has 0 radical (unpaired) electrons. The minimum absolute atomic E-state index is 0.0370. The fourth-order valence-corrected chi connectivity index (χ4v) is 1.86. The van der Waals surface area contributed by atoms with Gasteiger partial charge >= 0.3 is 5.97 Å². The van der Waals surface area contributed by atoms with Crippen LogP contribution in [-0.4, -0.2) is 46.8 Å². The zero-order valence-corrected chi connectivity index (χ0v) is 10.8. The first-order valence-corrected chi connectivity index (χ1v) is 5.85. The quantitative estimate of drug-likeness (QED) is 0.787. The first-order valence-electron chi connectivity index (χ1n) is 5.85. The van der Waals surface area contributed by atoms with E-state index in [2.05, 4.69) is 14.7 Å². The van der Waals surface area contributed by atoms with Gasteiger partial charge in [0.25, 0.3) is 0 Å². The smallest absolute Gasteiger partial charge is 0.376 e. The first-order chi connectivity index (χ1) is 8.46. The normalized spacial score (nSPS) is 17.5. The number of anilines is 1. The van der Waals surface area contributed by atoms with Crippen LogP contribution in [-0.2, 0) is 4.74 Å². The van der Waals surface area contributed by atoms with Crippen LogP contribution in [0.15, 0.2) is 12.3 Å². The van der Waals surface area contributed by atoms with E-state index in [4.69, 9.17) is 0 Å². The van der Waals surface area contributed by atoms with Gasteiger partial charge in [0.15, 0.2) is 0 Å². The van der Waals surface area contributed by atoms with Crippen LogP contribution in [0.3, 0.4) is 0 Å². The molecule has 0 spiro atoms. The third kappa shape index (κ3) is 2.15. The molecular weight excluding hydrogens is 234 g/mol. The van der Waals surface area contributed by atoms with E-state index in [9.17, 15) is 9.90 Å². The number of hydrogen-bond acceptors (Lipinski definition) is 6. The molecule has 1 aliphatic rings. The summed E-state index contributed by atoms with van der Waals surface area (Å²) in [6.07, 6.45) is 1.52. The summed E-state index contributed by atoms with van der Waals surface area (Å²) in [7, 11) is 1.29. The molecule has 0 unspecified atom stereocenters. The van der Waals surface area contributed by atoms with Crippen LogP contribution in [0.25, 0.3) is 0 Å². The predicted molar refractivity (Wildman–Crippen MR) is 65.4 cm³/mol. The fourth-order valence-electron chi connectivity index (χ4n) is 1.86. The highest BCUT2D eigenvalue weighted by Gasteiger charge is 2.44. The second-order valence-corrected chi connectivity index (χ2v) is 4.84. The Labute approximate surface area is 106 Å². The van der Waals surface area contributed by atoms with Crippen molar-refractivity contribution in [3.05, 3.63) is 18.1 Å². The number of methoxy groups -OCH3 is 1. The van der Waals surface area contributed by atoms with Crippen molar-refractivity contribution >= 4 is 11.8 Å². The Balaban J connectivity index is 2.10. The molecule has 0 amide bonds. The molecular formula is C12H17N3O3. The van der Waals surface area contributed by atoms with Crippen molar-refractivity contribution in [3.8, 4) is 0 Å². The maximum absolute atomic E-state index is 11.3. The standard InChI is InChI=1S/C12H17N3O3/c1-8(2)12(17)6-15(7-12)9-4-5-13-10(14-9)11(16)18-3/h4-5,8,17H,6-7H2,1-3H3. The average Bonchev–Trinajstić information content (AvgIpc) is 2.33. The van der Waals surface area contributed by atoms with Crippen molar-refractivity contribution in [1.29, 1.82) is 0 Å². The van der Waals surface area contributed by atoms with Gasteiger partial charge in [-0.3, -0.25) is 0 Å². The molecule has 1 N–H and O–H groups in total. The predicted octanol–water partition coefficient (Wildman–Crippen LogP) is 0.470. The minimum atomic E-state index is -0.670. The first kappa shape index (κ1) is 12.8. The Bertz CT molecular complexity index is 456. The minimum Gasteiger partial charge on any atom is -0.463 e. The molecule has 0 atom stereocenters. The maximum atomic E-state index is 11.3. The van der Waals surface area contributed by atoms with Crippen LogP contribution < -0.4 is 4.90 Å². The summed E-state index contributed by atoms with van der Waals surface area (Å²) in [5, 5.41) is 10.2. The molecule has 1 aromatic heterocycles. The van der Waals surface area contributed by atoms with E-state index in [1.54, 1.807) is 6.07 Å². The lowest BCUT2D eigenvalue weighted by molar-refractivity contribution is -0.0304. The molecule has 1 aromatic rings. The van der Waals surface area contributed by atoms with Crippen molar-refractivity contribution in [2.45, 2.75) is 19.4 Å².